The summed E-state index contributed by atoms with van der Waals surface area (Å²) in [6.07, 6.45) is 3.43. The lowest BCUT2D eigenvalue weighted by Gasteiger charge is -2.34. The number of imidazole rings is 1. The van der Waals surface area contributed by atoms with Crippen LogP contribution in [0.3, 0.4) is 0 Å². The summed E-state index contributed by atoms with van der Waals surface area (Å²) in [5.41, 5.74) is 12.3. The van der Waals surface area contributed by atoms with E-state index in [4.69, 9.17) is 20.2 Å². The fourth-order valence-electron chi connectivity index (χ4n) is 4.86. The first-order valence-corrected chi connectivity index (χ1v) is 12.5. The van der Waals surface area contributed by atoms with Crippen LogP contribution >= 0.6 is 0 Å². The summed E-state index contributed by atoms with van der Waals surface area (Å²) in [7, 11) is 2.17. The predicted molar refractivity (Wildman–Crippen MR) is 141 cm³/mol. The van der Waals surface area contributed by atoms with E-state index >= 15 is 0 Å². The molecule has 0 unspecified atom stereocenters. The zero-order valence-electron chi connectivity index (χ0n) is 20.5. The average Bonchev–Trinajstić information content (AvgIpc) is 3.36. The molecule has 4 aromatic rings. The third-order valence-electron chi connectivity index (χ3n) is 7.04. The van der Waals surface area contributed by atoms with Gasteiger partial charge in [0.15, 0.2) is 5.65 Å². The third kappa shape index (κ3) is 4.59. The Bertz CT molecular complexity index is 1340. The molecule has 2 saturated heterocycles. The molecule has 2 aromatic heterocycles. The smallest absolute Gasteiger partial charge is 0.181 e. The number of H-pyrrole nitrogens is 1. The van der Waals surface area contributed by atoms with Gasteiger partial charge in [0.05, 0.1) is 24.6 Å². The molecule has 2 aliphatic heterocycles. The fraction of sp³-hybridized carbons (Fsp3) is 0.370. The van der Waals surface area contributed by atoms with Crippen molar-refractivity contribution in [2.45, 2.75) is 18.9 Å². The van der Waals surface area contributed by atoms with E-state index in [0.717, 1.165) is 80.4 Å². The van der Waals surface area contributed by atoms with Gasteiger partial charge < -0.3 is 30.0 Å². The molecule has 9 nitrogen and oxygen atoms in total. The monoisotopic (exact) mass is 485 g/mol. The predicted octanol–water partition coefficient (Wildman–Crippen LogP) is 3.58. The van der Waals surface area contributed by atoms with Gasteiger partial charge in [-0.25, -0.2) is 15.0 Å². The van der Waals surface area contributed by atoms with Crippen molar-refractivity contribution in [1.82, 2.24) is 24.8 Å². The van der Waals surface area contributed by atoms with E-state index in [1.807, 2.05) is 18.2 Å². The van der Waals surface area contributed by atoms with E-state index in [9.17, 15) is 0 Å². The van der Waals surface area contributed by atoms with Crippen molar-refractivity contribution in [2.75, 3.05) is 57.1 Å². The highest BCUT2D eigenvalue weighted by Gasteiger charge is 2.19. The number of piperazine rings is 1. The van der Waals surface area contributed by atoms with Crippen LogP contribution in [-0.4, -0.2) is 77.4 Å². The number of nitrogen functional groups attached to an aromatic ring is 1. The molecule has 0 bridgehead atoms. The van der Waals surface area contributed by atoms with Gasteiger partial charge in [-0.2, -0.15) is 0 Å². The molecular formula is C27H31N7O2. The van der Waals surface area contributed by atoms with Crippen LogP contribution in [0, 0.1) is 0 Å². The van der Waals surface area contributed by atoms with Crippen LogP contribution in [0.25, 0.3) is 33.8 Å². The maximum absolute atomic E-state index is 6.37. The maximum Gasteiger partial charge on any atom is 0.181 e. The van der Waals surface area contributed by atoms with Gasteiger partial charge in [-0.05, 0) is 49.5 Å². The van der Waals surface area contributed by atoms with Gasteiger partial charge in [-0.1, -0.05) is 0 Å². The van der Waals surface area contributed by atoms with Gasteiger partial charge in [-0.3, -0.25) is 0 Å². The molecule has 6 rings (SSSR count). The van der Waals surface area contributed by atoms with Crippen LogP contribution in [0.15, 0.2) is 48.8 Å². The molecule has 36 heavy (non-hydrogen) atoms. The first-order valence-electron chi connectivity index (χ1n) is 12.5. The minimum Gasteiger partial charge on any atom is -0.488 e. The number of hydrogen-bond acceptors (Lipinski definition) is 8. The molecule has 0 atom stereocenters. The van der Waals surface area contributed by atoms with Crippen molar-refractivity contribution in [3.63, 3.8) is 0 Å². The Labute approximate surface area is 210 Å². The van der Waals surface area contributed by atoms with Gasteiger partial charge in [0.2, 0.25) is 0 Å². The van der Waals surface area contributed by atoms with E-state index in [0.29, 0.717) is 17.1 Å². The van der Waals surface area contributed by atoms with Gasteiger partial charge in [0, 0.05) is 55.8 Å². The van der Waals surface area contributed by atoms with Crippen LogP contribution < -0.4 is 15.4 Å². The van der Waals surface area contributed by atoms with Crippen molar-refractivity contribution in [3.8, 4) is 28.4 Å². The van der Waals surface area contributed by atoms with Crippen LogP contribution in [0.2, 0.25) is 0 Å². The Kier molecular flexibility index (Phi) is 6.16. The molecular weight excluding hydrogens is 454 g/mol. The van der Waals surface area contributed by atoms with E-state index in [2.05, 4.69) is 56.1 Å². The third-order valence-corrected chi connectivity index (χ3v) is 7.04. The highest BCUT2D eigenvalue weighted by Crippen LogP contribution is 2.33. The number of nitrogens with two attached hydrogens (primary N) is 1. The topological polar surface area (TPSA) is 105 Å². The minimum absolute atomic E-state index is 0.135. The van der Waals surface area contributed by atoms with Crippen molar-refractivity contribution in [2.24, 2.45) is 0 Å². The van der Waals surface area contributed by atoms with Gasteiger partial charge in [0.25, 0.3) is 0 Å². The van der Waals surface area contributed by atoms with Crippen LogP contribution in [-0.2, 0) is 4.74 Å². The van der Waals surface area contributed by atoms with Gasteiger partial charge in [0.1, 0.15) is 29.5 Å². The molecule has 2 aromatic carbocycles. The molecule has 0 radical (unpaired) electrons. The molecule has 0 saturated carbocycles. The molecule has 2 fully saturated rings. The zero-order chi connectivity index (χ0) is 24.5. The second-order valence-corrected chi connectivity index (χ2v) is 9.53. The molecule has 2 aliphatic rings. The maximum atomic E-state index is 6.37. The number of fused-ring (bicyclic) bond motifs is 1. The van der Waals surface area contributed by atoms with Crippen LogP contribution in [0.1, 0.15) is 12.8 Å². The van der Waals surface area contributed by atoms with Gasteiger partial charge >= 0.3 is 0 Å². The number of likely N-dealkylation sites (N-methyl/N-ethyl adjacent to an activating group) is 1. The first kappa shape index (κ1) is 22.8. The fourth-order valence-corrected chi connectivity index (χ4v) is 4.86. The first-order chi connectivity index (χ1) is 17.6. The number of anilines is 2. The largest absolute Gasteiger partial charge is 0.488 e. The van der Waals surface area contributed by atoms with E-state index in [-0.39, 0.29) is 6.10 Å². The summed E-state index contributed by atoms with van der Waals surface area (Å²) in [5.74, 6) is 1.46. The van der Waals surface area contributed by atoms with E-state index < -0.39 is 0 Å². The number of rotatable bonds is 5. The quantitative estimate of drug-likeness (QED) is 0.413. The number of nitrogens with one attached hydrogen (secondary N) is 1. The molecule has 4 heterocycles. The number of ether oxygens (including phenoxy) is 2. The summed E-state index contributed by atoms with van der Waals surface area (Å²) < 4.78 is 11.5. The summed E-state index contributed by atoms with van der Waals surface area (Å²) in [6, 6.07) is 14.4. The lowest BCUT2D eigenvalue weighted by Crippen LogP contribution is -2.44. The molecule has 0 aliphatic carbocycles. The normalized spacial score (nSPS) is 17.5. The van der Waals surface area contributed by atoms with Crippen molar-refractivity contribution in [3.05, 3.63) is 48.8 Å². The minimum atomic E-state index is 0.135. The summed E-state index contributed by atoms with van der Waals surface area (Å²) >= 11 is 0. The lowest BCUT2D eigenvalue weighted by molar-refractivity contribution is 0.0259. The number of hydrogen-bond donors (Lipinski definition) is 2. The highest BCUT2D eigenvalue weighted by molar-refractivity contribution is 5.90. The van der Waals surface area contributed by atoms with Crippen LogP contribution in [0.5, 0.6) is 5.75 Å². The number of aromatic amines is 1. The molecule has 0 amide bonds. The Balaban J connectivity index is 1.25. The lowest BCUT2D eigenvalue weighted by atomic mass is 10.1. The molecule has 186 valence electrons. The standard InChI is InChI=1S/C27H31N7O2/c1-33-10-12-34(13-11-33)20-5-2-18(3-6-20)26-31-25-24(29-17-30-27(25)32-26)19-4-7-23(22(28)16-19)36-21-8-14-35-15-9-21/h2-7,16-17,21H,8-15,28H2,1H3,(H,29,30,31,32). The van der Waals surface area contributed by atoms with Crippen molar-refractivity contribution < 1.29 is 9.47 Å². The van der Waals surface area contributed by atoms with E-state index in [1.165, 1.54) is 5.69 Å². The average molecular weight is 486 g/mol. The van der Waals surface area contributed by atoms with E-state index in [1.54, 1.807) is 6.33 Å². The molecule has 0 spiro atoms. The van der Waals surface area contributed by atoms with Gasteiger partial charge in [-0.15, -0.1) is 0 Å². The highest BCUT2D eigenvalue weighted by atomic mass is 16.5. The summed E-state index contributed by atoms with van der Waals surface area (Å²) in [5, 5.41) is 0. The van der Waals surface area contributed by atoms with Crippen LogP contribution in [0.4, 0.5) is 11.4 Å². The molecule has 3 N–H and O–H groups in total. The Morgan fingerprint density at radius 2 is 1.72 bits per heavy atom. The number of benzene rings is 2. The molecule has 9 heteroatoms. The summed E-state index contributed by atoms with van der Waals surface area (Å²) in [6.45, 7) is 5.70. The van der Waals surface area contributed by atoms with Crippen molar-refractivity contribution >= 4 is 22.5 Å². The SMILES string of the molecule is CN1CCN(c2ccc(-c3nc4ncnc(-c5ccc(OC6CCOCC6)c(N)c5)c4[nH]3)cc2)CC1. The zero-order valence-corrected chi connectivity index (χ0v) is 20.5. The Morgan fingerprint density at radius 3 is 2.47 bits per heavy atom. The second-order valence-electron chi connectivity index (χ2n) is 9.53. The number of aromatic nitrogens is 4. The number of nitrogens with zero attached hydrogens (tertiary/aromatic N) is 5. The summed E-state index contributed by atoms with van der Waals surface area (Å²) in [4.78, 5) is 21.9. The second kappa shape index (κ2) is 9.75. The van der Waals surface area contributed by atoms with Crippen molar-refractivity contribution in [1.29, 1.82) is 0 Å². The Hall–Kier alpha value is -3.69. The Morgan fingerprint density at radius 1 is 0.972 bits per heavy atom.